The third-order valence-electron chi connectivity index (χ3n) is 10.1. The standard InChI is InChI=1S/C14H15N3O4.C14H16N2O2.C11H11N/c15-10(14(18)19)5-8-6-16-11-4-3-9(7-1-2-7)13(12(8)11)17(20)21;15-12(14(17)18)6-10-7-16-13-4-3-9(5-11(10)13)8-1-2-8;1-2-8(1)9-3-4-11-10(7-9)5-6-12-11/h3-4,6-7,10,16H,1-2,5,15H2,(H,18,19);3-5,7-8,12,16H,1-2,6,15H2,(H,17,18);3-8,12H,1-2H2/t10-;12-;/m00./s1. The van der Waals surface area contributed by atoms with Crippen LogP contribution < -0.4 is 11.5 Å². The Kier molecular flexibility index (Phi) is 9.37. The molecule has 3 aliphatic rings. The van der Waals surface area contributed by atoms with Crippen LogP contribution in [-0.4, -0.2) is 54.1 Å². The van der Waals surface area contributed by atoms with E-state index < -0.39 is 24.0 Å². The Morgan fingerprint density at radius 2 is 1.27 bits per heavy atom. The zero-order valence-corrected chi connectivity index (χ0v) is 28.1. The second-order valence-corrected chi connectivity index (χ2v) is 14.1. The number of carbonyl (C=O) groups is 2. The first-order chi connectivity index (χ1) is 24.6. The molecule has 3 aromatic heterocycles. The molecule has 0 amide bonds. The van der Waals surface area contributed by atoms with E-state index in [1.54, 1.807) is 12.3 Å². The zero-order chi connectivity index (χ0) is 35.8. The van der Waals surface area contributed by atoms with E-state index in [0.717, 1.165) is 40.8 Å². The van der Waals surface area contributed by atoms with E-state index in [4.69, 9.17) is 21.7 Å². The molecule has 12 heteroatoms. The van der Waals surface area contributed by atoms with Gasteiger partial charge in [-0.1, -0.05) is 12.1 Å². The number of carboxylic acids is 2. The van der Waals surface area contributed by atoms with Gasteiger partial charge >= 0.3 is 11.9 Å². The summed E-state index contributed by atoms with van der Waals surface area (Å²) in [6.07, 6.45) is 13.1. The van der Waals surface area contributed by atoms with Gasteiger partial charge in [0.1, 0.15) is 12.1 Å². The highest BCUT2D eigenvalue weighted by Crippen LogP contribution is 2.47. The number of hydrogen-bond acceptors (Lipinski definition) is 6. The van der Waals surface area contributed by atoms with Crippen LogP contribution in [0.4, 0.5) is 5.69 Å². The lowest BCUT2D eigenvalue weighted by molar-refractivity contribution is -0.383. The molecule has 264 valence electrons. The average molecular weight is 691 g/mol. The molecule has 0 bridgehead atoms. The number of nitrogens with zero attached hydrogens (tertiary/aromatic N) is 1. The molecular weight excluding hydrogens is 648 g/mol. The van der Waals surface area contributed by atoms with Gasteiger partial charge in [0, 0.05) is 53.4 Å². The summed E-state index contributed by atoms with van der Waals surface area (Å²) in [6, 6.07) is 17.0. The number of aromatic nitrogens is 3. The number of hydrogen-bond donors (Lipinski definition) is 7. The van der Waals surface area contributed by atoms with E-state index in [0.29, 0.717) is 28.8 Å². The lowest BCUT2D eigenvalue weighted by atomic mass is 9.99. The molecule has 0 saturated heterocycles. The molecule has 0 aliphatic heterocycles. The van der Waals surface area contributed by atoms with Crippen molar-refractivity contribution in [1.82, 2.24) is 15.0 Å². The molecular formula is C39H42N6O6. The number of nitrogens with one attached hydrogen (secondary N) is 3. The number of carboxylic acid groups (broad SMARTS) is 2. The number of aliphatic carboxylic acids is 2. The number of aromatic amines is 3. The molecule has 3 saturated carbocycles. The minimum atomic E-state index is -1.12. The molecule has 3 aliphatic carbocycles. The summed E-state index contributed by atoms with van der Waals surface area (Å²) in [5.74, 6) is -0.270. The van der Waals surface area contributed by atoms with Crippen molar-refractivity contribution in [2.75, 3.05) is 0 Å². The third kappa shape index (κ3) is 7.67. The van der Waals surface area contributed by atoms with Gasteiger partial charge in [-0.25, -0.2) is 0 Å². The SMILES string of the molecule is N[C@@H](Cc1c[nH]c2ccc(C3CC3)c([N+](=O)[O-])c12)C(=O)O.N[C@@H](Cc1c[nH]c2ccc(C3CC3)cc12)C(=O)O.c1cc2cc(C3CC3)ccc2[nH]1. The van der Waals surface area contributed by atoms with Crippen LogP contribution in [0.5, 0.6) is 0 Å². The molecule has 0 radical (unpaired) electrons. The predicted molar refractivity (Wildman–Crippen MR) is 196 cm³/mol. The van der Waals surface area contributed by atoms with Crippen molar-refractivity contribution in [3.63, 3.8) is 0 Å². The summed E-state index contributed by atoms with van der Waals surface area (Å²) >= 11 is 0. The summed E-state index contributed by atoms with van der Waals surface area (Å²) in [6.45, 7) is 0. The quantitative estimate of drug-likeness (QED) is 0.0588. The number of fused-ring (bicyclic) bond motifs is 3. The monoisotopic (exact) mass is 690 g/mol. The molecule has 3 aromatic carbocycles. The van der Waals surface area contributed by atoms with Gasteiger partial charge < -0.3 is 36.6 Å². The van der Waals surface area contributed by atoms with E-state index >= 15 is 0 Å². The van der Waals surface area contributed by atoms with E-state index in [1.165, 1.54) is 47.7 Å². The first kappa shape index (κ1) is 34.0. The number of H-pyrrole nitrogens is 3. The summed E-state index contributed by atoms with van der Waals surface area (Å²) in [4.78, 5) is 42.2. The summed E-state index contributed by atoms with van der Waals surface area (Å²) in [5.41, 5.74) is 19.3. The highest BCUT2D eigenvalue weighted by atomic mass is 16.6. The maximum absolute atomic E-state index is 11.5. The average Bonchev–Trinajstić information content (AvgIpc) is 4.05. The fourth-order valence-electron chi connectivity index (χ4n) is 6.80. The van der Waals surface area contributed by atoms with E-state index in [1.807, 2.05) is 18.5 Å². The van der Waals surface area contributed by atoms with Gasteiger partial charge in [-0.2, -0.15) is 0 Å². The number of nitro groups is 1. The Bertz CT molecular complexity index is 2240. The van der Waals surface area contributed by atoms with Crippen molar-refractivity contribution < 1.29 is 24.7 Å². The van der Waals surface area contributed by atoms with Crippen LogP contribution in [0.2, 0.25) is 0 Å². The predicted octanol–water partition coefficient (Wildman–Crippen LogP) is 6.95. The highest BCUT2D eigenvalue weighted by Gasteiger charge is 2.33. The Morgan fingerprint density at radius 3 is 1.88 bits per heavy atom. The van der Waals surface area contributed by atoms with Gasteiger partial charge in [0.15, 0.2) is 0 Å². The maximum Gasteiger partial charge on any atom is 0.320 e. The van der Waals surface area contributed by atoms with Crippen molar-refractivity contribution in [2.24, 2.45) is 11.5 Å². The number of nitrogens with two attached hydrogens (primary N) is 2. The van der Waals surface area contributed by atoms with Crippen LogP contribution in [0.15, 0.2) is 73.2 Å². The van der Waals surface area contributed by atoms with Crippen molar-refractivity contribution in [3.05, 3.63) is 111 Å². The van der Waals surface area contributed by atoms with Gasteiger partial charge in [-0.05, 0) is 126 Å². The van der Waals surface area contributed by atoms with Crippen molar-refractivity contribution in [3.8, 4) is 0 Å². The molecule has 0 unspecified atom stereocenters. The van der Waals surface area contributed by atoms with Gasteiger partial charge in [0.05, 0.1) is 15.8 Å². The normalized spacial score (nSPS) is 16.6. The number of nitro benzene ring substituents is 1. The minimum absolute atomic E-state index is 0.0598. The topological polar surface area (TPSA) is 217 Å². The third-order valence-corrected chi connectivity index (χ3v) is 10.1. The van der Waals surface area contributed by atoms with E-state index in [-0.39, 0.29) is 22.9 Å². The fourth-order valence-corrected chi connectivity index (χ4v) is 6.80. The van der Waals surface area contributed by atoms with Crippen molar-refractivity contribution in [2.45, 2.75) is 81.2 Å². The Labute approximate surface area is 293 Å². The van der Waals surface area contributed by atoms with Gasteiger partial charge in [0.2, 0.25) is 0 Å². The summed E-state index contributed by atoms with van der Waals surface area (Å²) < 4.78 is 0. The molecule has 12 nitrogen and oxygen atoms in total. The second kappa shape index (κ2) is 14.0. The van der Waals surface area contributed by atoms with Crippen LogP contribution >= 0.6 is 0 Å². The van der Waals surface area contributed by atoms with Gasteiger partial charge in [-0.3, -0.25) is 19.7 Å². The lowest BCUT2D eigenvalue weighted by Gasteiger charge is -2.07. The molecule has 3 heterocycles. The molecule has 6 aromatic rings. The minimum Gasteiger partial charge on any atom is -0.480 e. The van der Waals surface area contributed by atoms with Crippen LogP contribution in [0.3, 0.4) is 0 Å². The van der Waals surface area contributed by atoms with Crippen LogP contribution in [-0.2, 0) is 22.4 Å². The molecule has 9 rings (SSSR count). The number of benzene rings is 3. The van der Waals surface area contributed by atoms with E-state index in [9.17, 15) is 19.7 Å². The van der Waals surface area contributed by atoms with Gasteiger partial charge in [-0.15, -0.1) is 0 Å². The fraction of sp³-hybridized carbons (Fsp3) is 0.333. The van der Waals surface area contributed by atoms with E-state index in [2.05, 4.69) is 57.4 Å². The zero-order valence-electron chi connectivity index (χ0n) is 28.1. The van der Waals surface area contributed by atoms with Crippen molar-refractivity contribution >= 4 is 50.3 Å². The smallest absolute Gasteiger partial charge is 0.320 e. The maximum atomic E-state index is 11.5. The largest absolute Gasteiger partial charge is 0.480 e. The van der Waals surface area contributed by atoms with Crippen LogP contribution in [0.25, 0.3) is 32.7 Å². The summed E-state index contributed by atoms with van der Waals surface area (Å²) in [7, 11) is 0. The molecule has 0 spiro atoms. The first-order valence-electron chi connectivity index (χ1n) is 17.5. The van der Waals surface area contributed by atoms with Crippen LogP contribution in [0, 0.1) is 10.1 Å². The molecule has 2 atom stereocenters. The molecule has 9 N–H and O–H groups in total. The number of rotatable bonds is 10. The van der Waals surface area contributed by atoms with Crippen molar-refractivity contribution in [1.29, 1.82) is 0 Å². The Hall–Kier alpha value is -5.46. The molecule has 51 heavy (non-hydrogen) atoms. The van der Waals surface area contributed by atoms with Gasteiger partial charge in [0.25, 0.3) is 5.69 Å². The Morgan fingerprint density at radius 1 is 0.725 bits per heavy atom. The molecule has 3 fully saturated rings. The summed E-state index contributed by atoms with van der Waals surface area (Å²) in [5, 5.41) is 32.2. The Balaban J connectivity index is 0.000000123. The first-order valence-corrected chi connectivity index (χ1v) is 17.5. The second-order valence-electron chi connectivity index (χ2n) is 14.1. The highest BCUT2D eigenvalue weighted by molar-refractivity contribution is 5.94. The lowest BCUT2D eigenvalue weighted by Crippen LogP contribution is -2.32. The van der Waals surface area contributed by atoms with Crippen LogP contribution in [0.1, 0.15) is 84.1 Å².